The SMILES string of the molecule is CNCCC(=O)Nc1ccc(OCC(=O)N(C)C)c(Cl)c1.Cl. The molecule has 6 nitrogen and oxygen atoms in total. The van der Waals surface area contributed by atoms with Crippen molar-refractivity contribution in [2.45, 2.75) is 6.42 Å². The molecule has 0 aromatic heterocycles. The number of carbonyl (C=O) groups excluding carboxylic acids is 2. The molecule has 0 aliphatic carbocycles. The van der Waals surface area contributed by atoms with Crippen molar-refractivity contribution in [2.75, 3.05) is 39.6 Å². The Hall–Kier alpha value is -1.50. The lowest BCUT2D eigenvalue weighted by molar-refractivity contribution is -0.130. The summed E-state index contributed by atoms with van der Waals surface area (Å²) in [6.07, 6.45) is 0.379. The fourth-order valence-corrected chi connectivity index (χ4v) is 1.66. The van der Waals surface area contributed by atoms with Crippen LogP contribution in [0.1, 0.15) is 6.42 Å². The first-order valence-corrected chi connectivity index (χ1v) is 6.88. The number of halogens is 2. The Morgan fingerprint density at radius 3 is 2.55 bits per heavy atom. The second kappa shape index (κ2) is 10.3. The van der Waals surface area contributed by atoms with Crippen LogP contribution in [0.5, 0.6) is 5.75 Å². The molecular formula is C14H21Cl2N3O3. The van der Waals surface area contributed by atoms with Gasteiger partial charge in [0.1, 0.15) is 5.75 Å². The standard InChI is InChI=1S/C14H20ClN3O3.ClH/c1-16-7-6-13(19)17-10-4-5-12(11(15)8-10)21-9-14(20)18(2)3;/h4-5,8,16H,6-7,9H2,1-3H3,(H,17,19);1H. The topological polar surface area (TPSA) is 70.7 Å². The number of hydrogen-bond donors (Lipinski definition) is 2. The molecule has 22 heavy (non-hydrogen) atoms. The Morgan fingerprint density at radius 1 is 1.32 bits per heavy atom. The van der Waals surface area contributed by atoms with Crippen LogP contribution in [-0.2, 0) is 9.59 Å². The molecule has 0 saturated carbocycles. The van der Waals surface area contributed by atoms with Crippen LogP contribution in [0.3, 0.4) is 0 Å². The van der Waals surface area contributed by atoms with E-state index in [-0.39, 0.29) is 30.8 Å². The highest BCUT2D eigenvalue weighted by Gasteiger charge is 2.09. The van der Waals surface area contributed by atoms with Crippen molar-refractivity contribution in [3.05, 3.63) is 23.2 Å². The Bertz CT molecular complexity index is 510. The van der Waals surface area contributed by atoms with Crippen molar-refractivity contribution in [3.63, 3.8) is 0 Å². The van der Waals surface area contributed by atoms with Crippen molar-refractivity contribution in [2.24, 2.45) is 0 Å². The van der Waals surface area contributed by atoms with Gasteiger partial charge in [-0.15, -0.1) is 12.4 Å². The van der Waals surface area contributed by atoms with Crippen LogP contribution in [0.4, 0.5) is 5.69 Å². The normalized spacial score (nSPS) is 9.64. The van der Waals surface area contributed by atoms with Gasteiger partial charge in [-0.05, 0) is 25.2 Å². The zero-order valence-electron chi connectivity index (χ0n) is 12.8. The average molecular weight is 350 g/mol. The minimum Gasteiger partial charge on any atom is -0.482 e. The van der Waals surface area contributed by atoms with E-state index < -0.39 is 0 Å². The van der Waals surface area contributed by atoms with Gasteiger partial charge in [0.15, 0.2) is 6.61 Å². The van der Waals surface area contributed by atoms with Gasteiger partial charge in [-0.25, -0.2) is 0 Å². The molecule has 1 rings (SSSR count). The highest BCUT2D eigenvalue weighted by atomic mass is 35.5. The van der Waals surface area contributed by atoms with Gasteiger partial charge >= 0.3 is 0 Å². The zero-order chi connectivity index (χ0) is 15.8. The van der Waals surface area contributed by atoms with Crippen LogP contribution < -0.4 is 15.4 Å². The van der Waals surface area contributed by atoms with E-state index >= 15 is 0 Å². The molecule has 0 fully saturated rings. The molecule has 0 atom stereocenters. The van der Waals surface area contributed by atoms with Gasteiger partial charge in [-0.3, -0.25) is 9.59 Å². The van der Waals surface area contributed by atoms with Gasteiger partial charge in [-0.1, -0.05) is 11.6 Å². The summed E-state index contributed by atoms with van der Waals surface area (Å²) in [6, 6.07) is 4.89. The highest BCUT2D eigenvalue weighted by molar-refractivity contribution is 6.32. The van der Waals surface area contributed by atoms with E-state index in [0.717, 1.165) is 0 Å². The number of carbonyl (C=O) groups is 2. The van der Waals surface area contributed by atoms with E-state index in [1.54, 1.807) is 39.3 Å². The molecule has 1 aromatic rings. The molecule has 2 amide bonds. The van der Waals surface area contributed by atoms with Crippen molar-refractivity contribution in [1.29, 1.82) is 0 Å². The molecule has 0 bridgehead atoms. The van der Waals surface area contributed by atoms with Gasteiger partial charge < -0.3 is 20.3 Å². The number of benzene rings is 1. The first kappa shape index (κ1) is 20.5. The van der Waals surface area contributed by atoms with E-state index in [4.69, 9.17) is 16.3 Å². The third-order valence-electron chi connectivity index (χ3n) is 2.67. The average Bonchev–Trinajstić information content (AvgIpc) is 2.43. The third kappa shape index (κ3) is 6.98. The quantitative estimate of drug-likeness (QED) is 0.787. The van der Waals surface area contributed by atoms with Crippen LogP contribution in [0.25, 0.3) is 0 Å². The van der Waals surface area contributed by atoms with Crippen LogP contribution in [0.15, 0.2) is 18.2 Å². The number of likely N-dealkylation sites (N-methyl/N-ethyl adjacent to an activating group) is 1. The fraction of sp³-hybridized carbons (Fsp3) is 0.429. The summed E-state index contributed by atoms with van der Waals surface area (Å²) in [4.78, 5) is 24.5. The molecule has 124 valence electrons. The lowest BCUT2D eigenvalue weighted by Gasteiger charge is -2.13. The third-order valence-corrected chi connectivity index (χ3v) is 2.96. The zero-order valence-corrected chi connectivity index (χ0v) is 14.4. The molecule has 8 heteroatoms. The molecule has 0 unspecified atom stereocenters. The highest BCUT2D eigenvalue weighted by Crippen LogP contribution is 2.27. The maximum absolute atomic E-state index is 11.6. The number of anilines is 1. The van der Waals surface area contributed by atoms with Crippen molar-refractivity contribution in [3.8, 4) is 5.75 Å². The summed E-state index contributed by atoms with van der Waals surface area (Å²) >= 11 is 6.07. The molecule has 0 heterocycles. The van der Waals surface area contributed by atoms with Crippen LogP contribution in [0.2, 0.25) is 5.02 Å². The Labute approximate surface area is 141 Å². The van der Waals surface area contributed by atoms with Gasteiger partial charge in [0.05, 0.1) is 5.02 Å². The summed E-state index contributed by atoms with van der Waals surface area (Å²) < 4.78 is 5.34. The number of rotatable bonds is 7. The molecule has 0 saturated heterocycles. The number of nitrogens with zero attached hydrogens (tertiary/aromatic N) is 1. The molecule has 1 aromatic carbocycles. The molecule has 0 aliphatic rings. The van der Waals surface area contributed by atoms with Gasteiger partial charge in [0.2, 0.25) is 5.91 Å². The lowest BCUT2D eigenvalue weighted by atomic mass is 10.3. The fourth-order valence-electron chi connectivity index (χ4n) is 1.43. The van der Waals surface area contributed by atoms with Gasteiger partial charge in [0, 0.05) is 32.7 Å². The number of amides is 2. The number of ether oxygens (including phenoxy) is 1. The van der Waals surface area contributed by atoms with Crippen LogP contribution >= 0.6 is 24.0 Å². The minimum atomic E-state index is -0.157. The smallest absolute Gasteiger partial charge is 0.259 e. The summed E-state index contributed by atoms with van der Waals surface area (Å²) in [5, 5.41) is 5.97. The van der Waals surface area contributed by atoms with E-state index in [1.807, 2.05) is 0 Å². The van der Waals surface area contributed by atoms with Gasteiger partial charge in [-0.2, -0.15) is 0 Å². The number of hydrogen-bond acceptors (Lipinski definition) is 4. The van der Waals surface area contributed by atoms with Gasteiger partial charge in [0.25, 0.3) is 5.91 Å². The van der Waals surface area contributed by atoms with Crippen LogP contribution in [0, 0.1) is 0 Å². The number of nitrogens with one attached hydrogen (secondary N) is 2. The van der Waals surface area contributed by atoms with E-state index in [2.05, 4.69) is 10.6 Å². The summed E-state index contributed by atoms with van der Waals surface area (Å²) in [7, 11) is 5.08. The molecule has 0 spiro atoms. The summed E-state index contributed by atoms with van der Waals surface area (Å²) in [6.45, 7) is 0.522. The second-order valence-electron chi connectivity index (χ2n) is 4.62. The maximum atomic E-state index is 11.6. The predicted octanol–water partition coefficient (Wildman–Crippen LogP) is 1.78. The minimum absolute atomic E-state index is 0. The predicted molar refractivity (Wildman–Crippen MR) is 90.1 cm³/mol. The van der Waals surface area contributed by atoms with Crippen molar-refractivity contribution in [1.82, 2.24) is 10.2 Å². The van der Waals surface area contributed by atoms with Crippen LogP contribution in [-0.4, -0.2) is 51.0 Å². The Balaban J connectivity index is 0.00000441. The Kier molecular flexibility index (Phi) is 9.56. The summed E-state index contributed by atoms with van der Waals surface area (Å²) in [5.74, 6) is 0.146. The second-order valence-corrected chi connectivity index (χ2v) is 5.03. The Morgan fingerprint density at radius 2 is 2.00 bits per heavy atom. The first-order chi connectivity index (χ1) is 9.93. The largest absolute Gasteiger partial charge is 0.482 e. The van der Waals surface area contributed by atoms with Crippen molar-refractivity contribution < 1.29 is 14.3 Å². The molecule has 0 radical (unpaired) electrons. The molecular weight excluding hydrogens is 329 g/mol. The van der Waals surface area contributed by atoms with E-state index in [9.17, 15) is 9.59 Å². The summed E-state index contributed by atoms with van der Waals surface area (Å²) in [5.41, 5.74) is 0.590. The van der Waals surface area contributed by atoms with Crippen molar-refractivity contribution >= 4 is 41.5 Å². The maximum Gasteiger partial charge on any atom is 0.259 e. The van der Waals surface area contributed by atoms with E-state index in [0.29, 0.717) is 29.4 Å². The lowest BCUT2D eigenvalue weighted by Crippen LogP contribution is -2.27. The molecule has 0 aliphatic heterocycles. The molecule has 2 N–H and O–H groups in total. The first-order valence-electron chi connectivity index (χ1n) is 6.51. The monoisotopic (exact) mass is 349 g/mol. The van der Waals surface area contributed by atoms with E-state index in [1.165, 1.54) is 4.90 Å².